The van der Waals surface area contributed by atoms with Crippen LogP contribution in [0.25, 0.3) is 11.3 Å². The van der Waals surface area contributed by atoms with Crippen LogP contribution in [0.3, 0.4) is 0 Å². The second kappa shape index (κ2) is 7.92. The topological polar surface area (TPSA) is 81.3 Å². The van der Waals surface area contributed by atoms with E-state index >= 15 is 0 Å². The summed E-state index contributed by atoms with van der Waals surface area (Å²) >= 11 is 0. The molecule has 0 radical (unpaired) electrons. The molecular formula is C20H22FN5O2. The average Bonchev–Trinajstić information content (AvgIpc) is 3.32. The van der Waals surface area contributed by atoms with Crippen molar-refractivity contribution in [1.29, 1.82) is 0 Å². The van der Waals surface area contributed by atoms with E-state index in [0.29, 0.717) is 36.8 Å². The Balaban J connectivity index is 1.45. The molecule has 1 amide bonds. The van der Waals surface area contributed by atoms with Gasteiger partial charge in [0.25, 0.3) is 0 Å². The number of hydrogen-bond donors (Lipinski definition) is 1. The number of aryl methyl sites for hydroxylation is 1. The summed E-state index contributed by atoms with van der Waals surface area (Å²) in [5, 5.41) is 11.2. The molecule has 0 saturated heterocycles. The molecule has 4 rings (SSSR count). The van der Waals surface area contributed by atoms with Crippen LogP contribution >= 0.6 is 0 Å². The van der Waals surface area contributed by atoms with Crippen molar-refractivity contribution in [2.24, 2.45) is 0 Å². The van der Waals surface area contributed by atoms with Gasteiger partial charge < -0.3 is 5.32 Å². The summed E-state index contributed by atoms with van der Waals surface area (Å²) in [6.45, 7) is 0. The standard InChI is InChI=1S/C20H22FN5O2/c21-14-5-3-8-16(13-14)25-11-12-26-17(23-24-19(26)20(25)28)9-4-10-18(27)22-15-6-1-2-7-15/h3,5,8,11-13,15H,1-2,4,6-7,9-10H2,(H,22,27). The van der Waals surface area contributed by atoms with Crippen LogP contribution in [0, 0.1) is 5.82 Å². The van der Waals surface area contributed by atoms with Gasteiger partial charge in [0.05, 0.1) is 5.69 Å². The Bertz CT molecular complexity index is 1050. The Morgan fingerprint density at radius 1 is 1.21 bits per heavy atom. The summed E-state index contributed by atoms with van der Waals surface area (Å²) in [6.07, 6.45) is 9.37. The highest BCUT2D eigenvalue weighted by molar-refractivity contribution is 5.76. The van der Waals surface area contributed by atoms with Gasteiger partial charge in [0.2, 0.25) is 11.6 Å². The highest BCUT2D eigenvalue weighted by Gasteiger charge is 2.17. The normalized spacial score (nSPS) is 14.6. The molecule has 1 fully saturated rings. The molecule has 0 spiro atoms. The molecule has 0 unspecified atom stereocenters. The minimum absolute atomic E-state index is 0.0641. The maximum absolute atomic E-state index is 13.5. The van der Waals surface area contributed by atoms with Gasteiger partial charge in [0.1, 0.15) is 11.6 Å². The number of hydrogen-bond acceptors (Lipinski definition) is 4. The Kier molecular flexibility index (Phi) is 5.18. The lowest BCUT2D eigenvalue weighted by Crippen LogP contribution is -2.32. The Morgan fingerprint density at radius 3 is 2.82 bits per heavy atom. The quantitative estimate of drug-likeness (QED) is 0.709. The van der Waals surface area contributed by atoms with E-state index < -0.39 is 5.82 Å². The third kappa shape index (κ3) is 3.81. The maximum atomic E-state index is 13.5. The summed E-state index contributed by atoms with van der Waals surface area (Å²) < 4.78 is 16.4. The van der Waals surface area contributed by atoms with Crippen molar-refractivity contribution in [3.8, 4) is 5.69 Å². The summed E-state index contributed by atoms with van der Waals surface area (Å²) in [6, 6.07) is 6.14. The maximum Gasteiger partial charge on any atom is 0.300 e. The van der Waals surface area contributed by atoms with Crippen LogP contribution in [0.15, 0.2) is 41.5 Å². The Morgan fingerprint density at radius 2 is 2.04 bits per heavy atom. The third-order valence-corrected chi connectivity index (χ3v) is 5.15. The largest absolute Gasteiger partial charge is 0.353 e. The SMILES string of the molecule is O=C(CCCc1nnc2c(=O)n(-c3cccc(F)c3)ccn12)NC1CCCC1. The molecule has 7 nitrogen and oxygen atoms in total. The fourth-order valence-corrected chi connectivity index (χ4v) is 3.71. The van der Waals surface area contributed by atoms with Gasteiger partial charge in [-0.05, 0) is 37.5 Å². The molecule has 8 heteroatoms. The zero-order valence-corrected chi connectivity index (χ0v) is 15.5. The monoisotopic (exact) mass is 383 g/mol. The van der Waals surface area contributed by atoms with E-state index in [1.807, 2.05) is 0 Å². The van der Waals surface area contributed by atoms with Gasteiger partial charge in [-0.2, -0.15) is 0 Å². The van der Waals surface area contributed by atoms with Crippen molar-refractivity contribution in [3.05, 3.63) is 58.7 Å². The first-order valence-electron chi connectivity index (χ1n) is 9.62. The number of rotatable bonds is 6. The first-order chi connectivity index (χ1) is 13.6. The van der Waals surface area contributed by atoms with Gasteiger partial charge >= 0.3 is 5.56 Å². The van der Waals surface area contributed by atoms with Crippen molar-refractivity contribution in [2.45, 2.75) is 51.0 Å². The lowest BCUT2D eigenvalue weighted by molar-refractivity contribution is -0.121. The highest BCUT2D eigenvalue weighted by atomic mass is 19.1. The molecule has 1 saturated carbocycles. The van der Waals surface area contributed by atoms with E-state index in [9.17, 15) is 14.0 Å². The third-order valence-electron chi connectivity index (χ3n) is 5.15. The molecule has 1 N–H and O–H groups in total. The first kappa shape index (κ1) is 18.3. The number of nitrogens with zero attached hydrogens (tertiary/aromatic N) is 4. The van der Waals surface area contributed by atoms with E-state index in [1.54, 1.807) is 28.9 Å². The Hall–Kier alpha value is -3.03. The molecule has 1 aliphatic carbocycles. The number of carbonyl (C=O) groups is 1. The molecule has 146 valence electrons. The molecule has 0 bridgehead atoms. The van der Waals surface area contributed by atoms with Crippen LogP contribution in [-0.2, 0) is 11.2 Å². The van der Waals surface area contributed by atoms with Crippen molar-refractivity contribution < 1.29 is 9.18 Å². The number of nitrogens with one attached hydrogen (secondary N) is 1. The second-order valence-corrected chi connectivity index (χ2v) is 7.17. The zero-order valence-electron chi connectivity index (χ0n) is 15.5. The van der Waals surface area contributed by atoms with Crippen LogP contribution in [0.1, 0.15) is 44.3 Å². The molecule has 28 heavy (non-hydrogen) atoms. The predicted molar refractivity (Wildman–Crippen MR) is 102 cm³/mol. The van der Waals surface area contributed by atoms with Crippen LogP contribution in [0.4, 0.5) is 4.39 Å². The van der Waals surface area contributed by atoms with Crippen LogP contribution < -0.4 is 10.9 Å². The van der Waals surface area contributed by atoms with Gasteiger partial charge in [-0.3, -0.25) is 18.6 Å². The van der Waals surface area contributed by atoms with Crippen molar-refractivity contribution in [2.75, 3.05) is 0 Å². The average molecular weight is 383 g/mol. The molecule has 3 aromatic rings. The van der Waals surface area contributed by atoms with Crippen LogP contribution in [-0.4, -0.2) is 31.1 Å². The fourth-order valence-electron chi connectivity index (χ4n) is 3.71. The smallest absolute Gasteiger partial charge is 0.300 e. The minimum Gasteiger partial charge on any atom is -0.353 e. The Labute approximate surface area is 161 Å². The van der Waals surface area contributed by atoms with Gasteiger partial charge in [0.15, 0.2) is 0 Å². The molecule has 0 atom stereocenters. The minimum atomic E-state index is -0.415. The number of benzene rings is 1. The summed E-state index contributed by atoms with van der Waals surface area (Å²) in [5.41, 5.74) is 0.239. The van der Waals surface area contributed by atoms with Gasteiger partial charge in [-0.15, -0.1) is 10.2 Å². The van der Waals surface area contributed by atoms with E-state index in [0.717, 1.165) is 12.8 Å². The molecular weight excluding hydrogens is 361 g/mol. The fraction of sp³-hybridized carbons (Fsp3) is 0.400. The zero-order chi connectivity index (χ0) is 19.5. The number of fused-ring (bicyclic) bond motifs is 1. The summed E-state index contributed by atoms with van der Waals surface area (Å²) in [7, 11) is 0. The van der Waals surface area contributed by atoms with Crippen molar-refractivity contribution in [1.82, 2.24) is 24.5 Å². The van der Waals surface area contributed by atoms with E-state index in [4.69, 9.17) is 0 Å². The van der Waals surface area contributed by atoms with Crippen LogP contribution in [0.5, 0.6) is 0 Å². The van der Waals surface area contributed by atoms with Crippen molar-refractivity contribution >= 4 is 11.6 Å². The highest BCUT2D eigenvalue weighted by Crippen LogP contribution is 2.17. The lowest BCUT2D eigenvalue weighted by Gasteiger charge is -2.11. The predicted octanol–water partition coefficient (Wildman–Crippen LogP) is 2.40. The summed E-state index contributed by atoms with van der Waals surface area (Å²) in [4.78, 5) is 24.7. The van der Waals surface area contributed by atoms with Crippen molar-refractivity contribution in [3.63, 3.8) is 0 Å². The first-order valence-corrected chi connectivity index (χ1v) is 9.62. The van der Waals surface area contributed by atoms with Crippen LogP contribution in [0.2, 0.25) is 0 Å². The molecule has 1 aliphatic rings. The van der Waals surface area contributed by atoms with Gasteiger partial charge in [0, 0.05) is 31.3 Å². The van der Waals surface area contributed by atoms with E-state index in [-0.39, 0.29) is 17.1 Å². The lowest BCUT2D eigenvalue weighted by atomic mass is 10.2. The number of amides is 1. The summed E-state index contributed by atoms with van der Waals surface area (Å²) in [5.74, 6) is 0.281. The number of carbonyl (C=O) groups excluding carboxylic acids is 1. The number of aromatic nitrogens is 4. The second-order valence-electron chi connectivity index (χ2n) is 7.17. The van der Waals surface area contributed by atoms with E-state index in [1.165, 1.54) is 29.5 Å². The molecule has 0 aliphatic heterocycles. The molecule has 1 aromatic carbocycles. The van der Waals surface area contributed by atoms with Gasteiger partial charge in [-0.25, -0.2) is 4.39 Å². The number of halogens is 1. The molecule has 2 heterocycles. The molecule has 2 aromatic heterocycles. The van der Waals surface area contributed by atoms with E-state index in [2.05, 4.69) is 15.5 Å². The van der Waals surface area contributed by atoms with Gasteiger partial charge in [-0.1, -0.05) is 18.9 Å².